The first-order chi connectivity index (χ1) is 8.45. The van der Waals surface area contributed by atoms with Crippen LogP contribution in [0.25, 0.3) is 0 Å². The van der Waals surface area contributed by atoms with Crippen LogP contribution in [0.15, 0.2) is 22.7 Å². The van der Waals surface area contributed by atoms with Gasteiger partial charge < -0.3 is 10.4 Å². The summed E-state index contributed by atoms with van der Waals surface area (Å²) in [6, 6.07) is 4.00. The second-order valence-electron chi connectivity index (χ2n) is 4.32. The molecule has 0 aliphatic heterocycles. The molecule has 96 valence electrons. The molecule has 1 aliphatic rings. The minimum atomic E-state index is -1.32. The fourth-order valence-electron chi connectivity index (χ4n) is 1.89. The summed E-state index contributed by atoms with van der Waals surface area (Å²) < 4.78 is 13.2. The van der Waals surface area contributed by atoms with Gasteiger partial charge in [0.05, 0.1) is 4.47 Å². The molecule has 0 atom stereocenters. The third kappa shape index (κ3) is 2.12. The molecule has 1 saturated carbocycles. The normalized spacial score (nSPS) is 16.8. The maximum Gasteiger partial charge on any atom is 0.319 e. The number of anilines is 1. The zero-order valence-corrected chi connectivity index (χ0v) is 11.0. The summed E-state index contributed by atoms with van der Waals surface area (Å²) in [4.78, 5) is 23.1. The highest BCUT2D eigenvalue weighted by atomic mass is 79.9. The Balaban J connectivity index is 2.16. The highest BCUT2D eigenvalue weighted by Gasteiger charge is 2.51. The van der Waals surface area contributed by atoms with E-state index in [1.807, 2.05) is 0 Å². The number of benzene rings is 1. The first-order valence-corrected chi connectivity index (χ1v) is 6.25. The quantitative estimate of drug-likeness (QED) is 0.843. The molecule has 1 aromatic rings. The van der Waals surface area contributed by atoms with Crippen molar-refractivity contribution in [2.75, 3.05) is 5.32 Å². The Kier molecular flexibility index (Phi) is 3.38. The molecule has 0 saturated heterocycles. The van der Waals surface area contributed by atoms with Gasteiger partial charge in [-0.15, -0.1) is 0 Å². The summed E-state index contributed by atoms with van der Waals surface area (Å²) in [6.45, 7) is 0. The summed E-state index contributed by atoms with van der Waals surface area (Å²) in [7, 11) is 0. The number of hydrogen-bond donors (Lipinski definition) is 2. The van der Waals surface area contributed by atoms with Gasteiger partial charge in [0.1, 0.15) is 11.2 Å². The standard InChI is InChI=1S/C12H11BrFNO3/c13-8-6-7(2-3-9(8)14)15-10(16)12(11(17)18)4-1-5-12/h2-3,6H,1,4-5H2,(H,15,16)(H,17,18). The molecular weight excluding hydrogens is 305 g/mol. The van der Waals surface area contributed by atoms with Crippen LogP contribution in [0.3, 0.4) is 0 Å². The van der Waals surface area contributed by atoms with Crippen molar-refractivity contribution in [1.82, 2.24) is 0 Å². The van der Waals surface area contributed by atoms with Gasteiger partial charge in [0.25, 0.3) is 0 Å². The summed E-state index contributed by atoms with van der Waals surface area (Å²) in [5, 5.41) is 11.6. The van der Waals surface area contributed by atoms with Crippen LogP contribution in [0, 0.1) is 11.2 Å². The average molecular weight is 316 g/mol. The van der Waals surface area contributed by atoms with Crippen molar-refractivity contribution in [2.24, 2.45) is 5.41 Å². The Hall–Kier alpha value is -1.43. The highest BCUT2D eigenvalue weighted by molar-refractivity contribution is 9.10. The van der Waals surface area contributed by atoms with E-state index in [4.69, 9.17) is 5.11 Å². The molecule has 18 heavy (non-hydrogen) atoms. The smallest absolute Gasteiger partial charge is 0.319 e. The lowest BCUT2D eigenvalue weighted by Gasteiger charge is -2.35. The highest BCUT2D eigenvalue weighted by Crippen LogP contribution is 2.42. The van der Waals surface area contributed by atoms with E-state index in [0.29, 0.717) is 18.5 Å². The van der Waals surface area contributed by atoms with Crippen molar-refractivity contribution < 1.29 is 19.1 Å². The molecular formula is C12H11BrFNO3. The number of carbonyl (C=O) groups excluding carboxylic acids is 1. The molecule has 2 N–H and O–H groups in total. The molecule has 0 heterocycles. The monoisotopic (exact) mass is 315 g/mol. The molecule has 4 nitrogen and oxygen atoms in total. The Morgan fingerprint density at radius 1 is 1.39 bits per heavy atom. The van der Waals surface area contributed by atoms with Gasteiger partial charge in [-0.05, 0) is 47.0 Å². The lowest BCUT2D eigenvalue weighted by molar-refractivity contribution is -0.159. The lowest BCUT2D eigenvalue weighted by Crippen LogP contribution is -2.48. The molecule has 0 bridgehead atoms. The van der Waals surface area contributed by atoms with Crippen LogP contribution in [-0.4, -0.2) is 17.0 Å². The fourth-order valence-corrected chi connectivity index (χ4v) is 2.27. The fraction of sp³-hybridized carbons (Fsp3) is 0.333. The van der Waals surface area contributed by atoms with Crippen LogP contribution in [-0.2, 0) is 9.59 Å². The summed E-state index contributed by atoms with van der Waals surface area (Å²) in [5.74, 6) is -2.09. The van der Waals surface area contributed by atoms with Crippen molar-refractivity contribution in [2.45, 2.75) is 19.3 Å². The van der Waals surface area contributed by atoms with Gasteiger partial charge in [-0.25, -0.2) is 4.39 Å². The van der Waals surface area contributed by atoms with E-state index in [0.717, 1.165) is 6.42 Å². The van der Waals surface area contributed by atoms with E-state index in [1.54, 1.807) is 0 Å². The maximum atomic E-state index is 13.0. The molecule has 2 rings (SSSR count). The van der Waals surface area contributed by atoms with Gasteiger partial charge in [-0.1, -0.05) is 6.42 Å². The lowest BCUT2D eigenvalue weighted by atomic mass is 9.68. The number of carboxylic acids is 1. The second-order valence-corrected chi connectivity index (χ2v) is 5.18. The van der Waals surface area contributed by atoms with Gasteiger partial charge in [0, 0.05) is 5.69 Å². The molecule has 0 spiro atoms. The van der Waals surface area contributed by atoms with Crippen molar-refractivity contribution >= 4 is 33.5 Å². The van der Waals surface area contributed by atoms with E-state index in [9.17, 15) is 14.0 Å². The number of hydrogen-bond acceptors (Lipinski definition) is 2. The van der Waals surface area contributed by atoms with Gasteiger partial charge in [0.2, 0.25) is 5.91 Å². The molecule has 0 aromatic heterocycles. The van der Waals surface area contributed by atoms with E-state index < -0.39 is 23.1 Å². The SMILES string of the molecule is O=C(O)C1(C(=O)Nc2ccc(F)c(Br)c2)CCC1. The van der Waals surface area contributed by atoms with E-state index >= 15 is 0 Å². The number of rotatable bonds is 3. The summed E-state index contributed by atoms with van der Waals surface area (Å²) in [6.07, 6.45) is 1.42. The van der Waals surface area contributed by atoms with E-state index in [2.05, 4.69) is 21.2 Å². The molecule has 1 amide bonds. The summed E-state index contributed by atoms with van der Waals surface area (Å²) in [5.41, 5.74) is -0.943. The van der Waals surface area contributed by atoms with Crippen LogP contribution in [0.2, 0.25) is 0 Å². The van der Waals surface area contributed by atoms with Crippen LogP contribution >= 0.6 is 15.9 Å². The largest absolute Gasteiger partial charge is 0.480 e. The minimum Gasteiger partial charge on any atom is -0.480 e. The Morgan fingerprint density at radius 2 is 2.06 bits per heavy atom. The Bertz CT molecular complexity index is 514. The van der Waals surface area contributed by atoms with Crippen LogP contribution in [0.4, 0.5) is 10.1 Å². The number of halogens is 2. The predicted molar refractivity (Wildman–Crippen MR) is 66.6 cm³/mol. The van der Waals surface area contributed by atoms with E-state index in [1.165, 1.54) is 18.2 Å². The minimum absolute atomic E-state index is 0.221. The molecule has 1 fully saturated rings. The molecule has 0 radical (unpaired) electrons. The number of carboxylic acid groups (broad SMARTS) is 1. The second kappa shape index (κ2) is 4.68. The van der Waals surface area contributed by atoms with Gasteiger partial charge in [0.15, 0.2) is 0 Å². The van der Waals surface area contributed by atoms with E-state index in [-0.39, 0.29) is 4.47 Å². The number of carbonyl (C=O) groups is 2. The van der Waals surface area contributed by atoms with Gasteiger partial charge in [-0.2, -0.15) is 0 Å². The zero-order valence-electron chi connectivity index (χ0n) is 9.37. The number of aliphatic carboxylic acids is 1. The van der Waals surface area contributed by atoms with Crippen molar-refractivity contribution in [3.05, 3.63) is 28.5 Å². The van der Waals surface area contributed by atoms with Crippen LogP contribution in [0.1, 0.15) is 19.3 Å². The molecule has 6 heteroatoms. The molecule has 1 aromatic carbocycles. The van der Waals surface area contributed by atoms with Gasteiger partial charge in [-0.3, -0.25) is 9.59 Å². The molecule has 1 aliphatic carbocycles. The zero-order chi connectivity index (χ0) is 13.3. The van der Waals surface area contributed by atoms with Crippen molar-refractivity contribution in [1.29, 1.82) is 0 Å². The first kappa shape index (κ1) is 13.0. The van der Waals surface area contributed by atoms with Gasteiger partial charge >= 0.3 is 5.97 Å². The topological polar surface area (TPSA) is 66.4 Å². The van der Waals surface area contributed by atoms with Crippen LogP contribution in [0.5, 0.6) is 0 Å². The maximum absolute atomic E-state index is 13.0. The van der Waals surface area contributed by atoms with Crippen LogP contribution < -0.4 is 5.32 Å². The average Bonchev–Trinajstić information content (AvgIpc) is 2.21. The summed E-state index contributed by atoms with van der Waals surface area (Å²) >= 11 is 3.00. The van der Waals surface area contributed by atoms with Crippen molar-refractivity contribution in [3.63, 3.8) is 0 Å². The van der Waals surface area contributed by atoms with Crippen molar-refractivity contribution in [3.8, 4) is 0 Å². The Labute approximate surface area is 111 Å². The third-order valence-electron chi connectivity index (χ3n) is 3.23. The number of amides is 1. The Morgan fingerprint density at radius 3 is 2.50 bits per heavy atom. The third-order valence-corrected chi connectivity index (χ3v) is 3.84. The first-order valence-electron chi connectivity index (χ1n) is 5.45. The number of nitrogens with one attached hydrogen (secondary N) is 1. The molecule has 0 unspecified atom stereocenters. The predicted octanol–water partition coefficient (Wildman–Crippen LogP) is 2.78.